The number of rotatable bonds is 4. The molecule has 3 rings (SSSR count). The molecule has 0 fully saturated rings. The van der Waals surface area contributed by atoms with Crippen LogP contribution in [0.1, 0.15) is 20.9 Å². The SMILES string of the molecule is O=C(NC(=S)Nc1ccc(Cl)c(C(=O)O)c1)c1ccc(-c2ccc(Cl)cc2Cl)o1. The molecule has 0 aliphatic rings. The number of thiocarbonyl (C=S) groups is 1. The highest BCUT2D eigenvalue weighted by Crippen LogP contribution is 2.31. The van der Waals surface area contributed by atoms with E-state index in [0.29, 0.717) is 27.1 Å². The van der Waals surface area contributed by atoms with E-state index in [1.165, 1.54) is 24.3 Å². The highest BCUT2D eigenvalue weighted by atomic mass is 35.5. The number of aromatic carboxylic acids is 1. The van der Waals surface area contributed by atoms with Crippen LogP contribution in [0.4, 0.5) is 5.69 Å². The van der Waals surface area contributed by atoms with Gasteiger partial charge >= 0.3 is 5.97 Å². The first-order valence-corrected chi connectivity index (χ1v) is 9.49. The first-order valence-electron chi connectivity index (χ1n) is 7.95. The number of carboxylic acid groups (broad SMARTS) is 1. The fourth-order valence-corrected chi connectivity index (χ4v) is 3.30. The predicted octanol–water partition coefficient (Wildman–Crippen LogP) is 5.73. The summed E-state index contributed by atoms with van der Waals surface area (Å²) in [6, 6.07) is 12.2. The minimum atomic E-state index is -1.18. The van der Waals surface area contributed by atoms with E-state index in [1.807, 2.05) is 0 Å². The largest absolute Gasteiger partial charge is 0.478 e. The first kappa shape index (κ1) is 21.1. The maximum absolute atomic E-state index is 12.4. The van der Waals surface area contributed by atoms with Crippen LogP contribution in [-0.4, -0.2) is 22.1 Å². The molecule has 0 aliphatic heterocycles. The lowest BCUT2D eigenvalue weighted by Crippen LogP contribution is -2.33. The third kappa shape index (κ3) is 5.07. The third-order valence-corrected chi connectivity index (χ3v) is 4.79. The number of benzene rings is 2. The maximum Gasteiger partial charge on any atom is 0.337 e. The molecule has 148 valence electrons. The smallest absolute Gasteiger partial charge is 0.337 e. The molecule has 2 aromatic carbocycles. The van der Waals surface area contributed by atoms with Crippen molar-refractivity contribution in [2.45, 2.75) is 0 Å². The van der Waals surface area contributed by atoms with E-state index in [-0.39, 0.29) is 21.5 Å². The molecule has 0 saturated heterocycles. The van der Waals surface area contributed by atoms with Crippen molar-refractivity contribution in [3.63, 3.8) is 0 Å². The Kier molecular flexibility index (Phi) is 6.44. The Morgan fingerprint density at radius 2 is 1.72 bits per heavy atom. The van der Waals surface area contributed by atoms with Crippen molar-refractivity contribution < 1.29 is 19.1 Å². The van der Waals surface area contributed by atoms with Gasteiger partial charge in [-0.1, -0.05) is 34.8 Å². The lowest BCUT2D eigenvalue weighted by molar-refractivity contribution is 0.0697. The number of hydrogen-bond acceptors (Lipinski definition) is 4. The number of carbonyl (C=O) groups excluding carboxylic acids is 1. The zero-order valence-electron chi connectivity index (χ0n) is 14.3. The molecular formula is C19H11Cl3N2O4S. The van der Waals surface area contributed by atoms with E-state index in [1.54, 1.807) is 24.3 Å². The minimum absolute atomic E-state index is 0.0116. The van der Waals surface area contributed by atoms with Crippen molar-refractivity contribution in [1.82, 2.24) is 5.32 Å². The van der Waals surface area contributed by atoms with Gasteiger partial charge in [0, 0.05) is 16.3 Å². The van der Waals surface area contributed by atoms with Gasteiger partial charge in [0.05, 0.1) is 15.6 Å². The molecule has 3 aromatic rings. The summed E-state index contributed by atoms with van der Waals surface area (Å²) in [6.07, 6.45) is 0. The van der Waals surface area contributed by atoms with Crippen LogP contribution in [0, 0.1) is 0 Å². The van der Waals surface area contributed by atoms with Crippen LogP contribution in [0.2, 0.25) is 15.1 Å². The van der Waals surface area contributed by atoms with Gasteiger partial charge < -0.3 is 14.8 Å². The molecule has 3 N–H and O–H groups in total. The summed E-state index contributed by atoms with van der Waals surface area (Å²) in [4.78, 5) is 23.5. The first-order chi connectivity index (χ1) is 13.7. The van der Waals surface area contributed by atoms with Crippen LogP contribution in [-0.2, 0) is 0 Å². The molecule has 10 heteroatoms. The molecule has 0 radical (unpaired) electrons. The van der Waals surface area contributed by atoms with E-state index in [9.17, 15) is 9.59 Å². The molecular weight excluding hydrogens is 459 g/mol. The van der Waals surface area contributed by atoms with Crippen molar-refractivity contribution >= 4 is 69.7 Å². The van der Waals surface area contributed by atoms with Gasteiger partial charge in [0.25, 0.3) is 5.91 Å². The number of halogens is 3. The van der Waals surface area contributed by atoms with Gasteiger partial charge in [-0.15, -0.1) is 0 Å². The van der Waals surface area contributed by atoms with E-state index in [4.69, 9.17) is 56.5 Å². The molecule has 0 saturated carbocycles. The molecule has 6 nitrogen and oxygen atoms in total. The fourth-order valence-electron chi connectivity index (χ4n) is 2.39. The zero-order chi connectivity index (χ0) is 21.1. The van der Waals surface area contributed by atoms with Gasteiger partial charge in [-0.05, 0) is 60.7 Å². The monoisotopic (exact) mass is 468 g/mol. The third-order valence-electron chi connectivity index (χ3n) is 3.71. The Hall–Kier alpha value is -2.58. The molecule has 0 atom stereocenters. The number of furan rings is 1. The second-order valence-electron chi connectivity index (χ2n) is 5.70. The lowest BCUT2D eigenvalue weighted by atomic mass is 10.2. The van der Waals surface area contributed by atoms with Gasteiger partial charge in [0.2, 0.25) is 0 Å². The zero-order valence-corrected chi connectivity index (χ0v) is 17.4. The number of anilines is 1. The van der Waals surface area contributed by atoms with Crippen molar-refractivity contribution in [2.24, 2.45) is 0 Å². The number of carboxylic acids is 1. The molecule has 1 heterocycles. The van der Waals surface area contributed by atoms with E-state index >= 15 is 0 Å². The van der Waals surface area contributed by atoms with Crippen LogP contribution in [0.25, 0.3) is 11.3 Å². The Morgan fingerprint density at radius 1 is 0.966 bits per heavy atom. The second-order valence-corrected chi connectivity index (χ2v) is 7.36. The van der Waals surface area contributed by atoms with E-state index in [2.05, 4.69) is 10.6 Å². The molecule has 1 aromatic heterocycles. The van der Waals surface area contributed by atoms with Crippen LogP contribution >= 0.6 is 47.0 Å². The second kappa shape index (κ2) is 8.84. The average Bonchev–Trinajstić information content (AvgIpc) is 3.13. The summed E-state index contributed by atoms with van der Waals surface area (Å²) in [5.41, 5.74) is 0.838. The van der Waals surface area contributed by atoms with Gasteiger partial charge in [-0.2, -0.15) is 0 Å². The molecule has 1 amide bonds. The quantitative estimate of drug-likeness (QED) is 0.423. The van der Waals surface area contributed by atoms with Crippen LogP contribution < -0.4 is 10.6 Å². The fraction of sp³-hybridized carbons (Fsp3) is 0. The summed E-state index contributed by atoms with van der Waals surface area (Å²) < 4.78 is 5.55. The summed E-state index contributed by atoms with van der Waals surface area (Å²) in [5, 5.41) is 15.2. The lowest BCUT2D eigenvalue weighted by Gasteiger charge is -2.10. The van der Waals surface area contributed by atoms with Gasteiger partial charge in [-0.25, -0.2) is 4.79 Å². The Morgan fingerprint density at radius 3 is 2.41 bits per heavy atom. The topological polar surface area (TPSA) is 91.6 Å². The standard InChI is InChI=1S/C19H11Cl3N2O4S/c20-9-1-3-11(14(22)7-9)15-5-6-16(28-15)17(25)24-19(29)23-10-2-4-13(21)12(8-10)18(26)27/h1-8H,(H,26,27)(H2,23,24,25,29). The number of nitrogens with one attached hydrogen (secondary N) is 2. The minimum Gasteiger partial charge on any atom is -0.478 e. The molecule has 0 bridgehead atoms. The molecule has 0 aliphatic carbocycles. The normalized spacial score (nSPS) is 10.4. The summed E-state index contributed by atoms with van der Waals surface area (Å²) in [7, 11) is 0. The van der Waals surface area contributed by atoms with Gasteiger partial charge in [-0.3, -0.25) is 10.1 Å². The highest BCUT2D eigenvalue weighted by Gasteiger charge is 2.16. The molecule has 0 spiro atoms. The van der Waals surface area contributed by atoms with Gasteiger partial charge in [0.1, 0.15) is 5.76 Å². The summed E-state index contributed by atoms with van der Waals surface area (Å²) in [6.45, 7) is 0. The number of carbonyl (C=O) groups is 2. The van der Waals surface area contributed by atoms with Crippen LogP contribution in [0.3, 0.4) is 0 Å². The van der Waals surface area contributed by atoms with Crippen molar-refractivity contribution in [3.05, 3.63) is 74.9 Å². The van der Waals surface area contributed by atoms with Crippen LogP contribution in [0.5, 0.6) is 0 Å². The van der Waals surface area contributed by atoms with Gasteiger partial charge in [0.15, 0.2) is 10.9 Å². The molecule has 0 unspecified atom stereocenters. The maximum atomic E-state index is 12.4. The Bertz CT molecular complexity index is 1130. The Labute approximate surface area is 185 Å². The number of amides is 1. The van der Waals surface area contributed by atoms with Crippen molar-refractivity contribution in [1.29, 1.82) is 0 Å². The highest BCUT2D eigenvalue weighted by molar-refractivity contribution is 7.80. The van der Waals surface area contributed by atoms with Crippen LogP contribution in [0.15, 0.2) is 52.9 Å². The average molecular weight is 470 g/mol. The van der Waals surface area contributed by atoms with Crippen molar-refractivity contribution in [2.75, 3.05) is 5.32 Å². The summed E-state index contributed by atoms with van der Waals surface area (Å²) in [5.74, 6) is -1.37. The number of hydrogen-bond donors (Lipinski definition) is 3. The predicted molar refractivity (Wildman–Crippen MR) is 116 cm³/mol. The Balaban J connectivity index is 1.69. The van der Waals surface area contributed by atoms with Crippen molar-refractivity contribution in [3.8, 4) is 11.3 Å². The molecule has 29 heavy (non-hydrogen) atoms. The van der Waals surface area contributed by atoms with E-state index in [0.717, 1.165) is 0 Å². The van der Waals surface area contributed by atoms with E-state index < -0.39 is 11.9 Å². The summed E-state index contributed by atoms with van der Waals surface area (Å²) >= 11 is 22.9.